The van der Waals surface area contributed by atoms with Crippen molar-refractivity contribution in [3.05, 3.63) is 82.1 Å². The Morgan fingerprint density at radius 3 is 2.48 bits per heavy atom. The Hall–Kier alpha value is -2.39. The molecule has 3 nitrogen and oxygen atoms in total. The number of para-hydroxylation sites is 1. The van der Waals surface area contributed by atoms with Gasteiger partial charge < -0.3 is 10.3 Å². The highest BCUT2D eigenvalue weighted by Gasteiger charge is 2.14. The zero-order chi connectivity index (χ0) is 16.2. The molecule has 0 fully saturated rings. The minimum atomic E-state index is -0.0178. The zero-order valence-corrected chi connectivity index (χ0v) is 13.5. The zero-order valence-electron chi connectivity index (χ0n) is 13.5. The molecule has 2 aromatic carbocycles. The van der Waals surface area contributed by atoms with E-state index in [1.54, 1.807) is 0 Å². The summed E-state index contributed by atoms with van der Waals surface area (Å²) in [7, 11) is 0. The van der Waals surface area contributed by atoms with Crippen LogP contribution in [0.4, 0.5) is 0 Å². The van der Waals surface area contributed by atoms with Gasteiger partial charge in [0, 0.05) is 23.7 Å². The van der Waals surface area contributed by atoms with Gasteiger partial charge in [-0.1, -0.05) is 55.5 Å². The molecule has 3 heteroatoms. The smallest absolute Gasteiger partial charge is 0.252 e. The Kier molecular flexibility index (Phi) is 4.58. The molecule has 3 rings (SSSR count). The van der Waals surface area contributed by atoms with Crippen molar-refractivity contribution in [1.82, 2.24) is 10.3 Å². The molecule has 0 bridgehead atoms. The van der Waals surface area contributed by atoms with Crippen molar-refractivity contribution in [3.63, 3.8) is 0 Å². The molecule has 2 atom stereocenters. The summed E-state index contributed by atoms with van der Waals surface area (Å²) in [6.45, 7) is 4.93. The first kappa shape index (κ1) is 15.5. The number of hydrogen-bond donors (Lipinski definition) is 2. The maximum atomic E-state index is 12.2. The second-order valence-corrected chi connectivity index (χ2v) is 6.08. The fourth-order valence-corrected chi connectivity index (χ4v) is 2.82. The molecule has 118 valence electrons. The van der Waals surface area contributed by atoms with Crippen LogP contribution in [0.1, 0.15) is 30.9 Å². The molecule has 0 radical (unpaired) electrons. The van der Waals surface area contributed by atoms with Crippen LogP contribution in [0.3, 0.4) is 0 Å². The third-order valence-corrected chi connectivity index (χ3v) is 4.52. The SMILES string of the molecule is C[C@H](NCc1cc2ccccc2[nH]c1=O)[C@@H](C)c1ccccc1. The van der Waals surface area contributed by atoms with E-state index in [4.69, 9.17) is 0 Å². The van der Waals surface area contributed by atoms with Crippen LogP contribution in [0.5, 0.6) is 0 Å². The third kappa shape index (κ3) is 3.51. The Labute approximate surface area is 136 Å². The van der Waals surface area contributed by atoms with E-state index < -0.39 is 0 Å². The maximum Gasteiger partial charge on any atom is 0.252 e. The van der Waals surface area contributed by atoms with Gasteiger partial charge in [0.1, 0.15) is 0 Å². The molecule has 1 aromatic heterocycles. The van der Waals surface area contributed by atoms with Gasteiger partial charge in [-0.25, -0.2) is 0 Å². The number of fused-ring (bicyclic) bond motifs is 1. The molecule has 0 saturated carbocycles. The van der Waals surface area contributed by atoms with E-state index in [9.17, 15) is 4.79 Å². The molecular weight excluding hydrogens is 284 g/mol. The number of rotatable bonds is 5. The first-order valence-electron chi connectivity index (χ1n) is 8.04. The van der Waals surface area contributed by atoms with Crippen LogP contribution in [0.15, 0.2) is 65.5 Å². The van der Waals surface area contributed by atoms with Crippen LogP contribution in [-0.4, -0.2) is 11.0 Å². The van der Waals surface area contributed by atoms with Crippen LogP contribution in [0.2, 0.25) is 0 Å². The summed E-state index contributed by atoms with van der Waals surface area (Å²) in [4.78, 5) is 15.1. The lowest BCUT2D eigenvalue weighted by atomic mass is 9.94. The highest BCUT2D eigenvalue weighted by atomic mass is 16.1. The van der Waals surface area contributed by atoms with E-state index >= 15 is 0 Å². The fraction of sp³-hybridized carbons (Fsp3) is 0.250. The number of nitrogens with one attached hydrogen (secondary N) is 2. The van der Waals surface area contributed by atoms with Crippen molar-refractivity contribution >= 4 is 10.9 Å². The van der Waals surface area contributed by atoms with Crippen molar-refractivity contribution in [3.8, 4) is 0 Å². The molecular formula is C20H22N2O. The van der Waals surface area contributed by atoms with Gasteiger partial charge in [-0.3, -0.25) is 4.79 Å². The molecule has 0 saturated heterocycles. The van der Waals surface area contributed by atoms with Gasteiger partial charge >= 0.3 is 0 Å². The van der Waals surface area contributed by atoms with Crippen LogP contribution in [0.25, 0.3) is 10.9 Å². The van der Waals surface area contributed by atoms with E-state index in [1.807, 2.05) is 36.4 Å². The van der Waals surface area contributed by atoms with Crippen LogP contribution >= 0.6 is 0 Å². The number of aromatic amines is 1. The van der Waals surface area contributed by atoms with Gasteiger partial charge in [0.25, 0.3) is 5.56 Å². The van der Waals surface area contributed by atoms with E-state index in [-0.39, 0.29) is 11.6 Å². The van der Waals surface area contributed by atoms with E-state index in [0.29, 0.717) is 12.5 Å². The molecule has 0 aliphatic rings. The topological polar surface area (TPSA) is 44.9 Å². The van der Waals surface area contributed by atoms with Crippen molar-refractivity contribution in [2.75, 3.05) is 0 Å². The summed E-state index contributed by atoms with van der Waals surface area (Å²) >= 11 is 0. The number of pyridine rings is 1. The summed E-state index contributed by atoms with van der Waals surface area (Å²) in [6.07, 6.45) is 0. The number of hydrogen-bond acceptors (Lipinski definition) is 2. The third-order valence-electron chi connectivity index (χ3n) is 4.52. The molecule has 0 spiro atoms. The van der Waals surface area contributed by atoms with E-state index in [0.717, 1.165) is 16.5 Å². The van der Waals surface area contributed by atoms with Crippen molar-refractivity contribution in [2.45, 2.75) is 32.4 Å². The average Bonchev–Trinajstić information content (AvgIpc) is 2.59. The lowest BCUT2D eigenvalue weighted by Crippen LogP contribution is -2.32. The number of benzene rings is 2. The minimum Gasteiger partial charge on any atom is -0.322 e. The van der Waals surface area contributed by atoms with Gasteiger partial charge in [0.2, 0.25) is 0 Å². The average molecular weight is 306 g/mol. The monoisotopic (exact) mass is 306 g/mol. The number of aromatic nitrogens is 1. The normalized spacial score (nSPS) is 13.8. The summed E-state index contributed by atoms with van der Waals surface area (Å²) in [5.74, 6) is 0.385. The molecule has 0 amide bonds. The molecule has 2 N–H and O–H groups in total. The maximum absolute atomic E-state index is 12.2. The molecule has 0 unspecified atom stereocenters. The predicted molar refractivity (Wildman–Crippen MR) is 95.7 cm³/mol. The van der Waals surface area contributed by atoms with Crippen LogP contribution in [-0.2, 0) is 6.54 Å². The highest BCUT2D eigenvalue weighted by molar-refractivity contribution is 5.78. The first-order valence-corrected chi connectivity index (χ1v) is 8.04. The van der Waals surface area contributed by atoms with Crippen molar-refractivity contribution < 1.29 is 0 Å². The summed E-state index contributed by atoms with van der Waals surface area (Å²) in [5.41, 5.74) is 2.94. The second-order valence-electron chi connectivity index (χ2n) is 6.08. The Morgan fingerprint density at radius 2 is 1.70 bits per heavy atom. The summed E-state index contributed by atoms with van der Waals surface area (Å²) in [6, 6.07) is 20.6. The van der Waals surface area contributed by atoms with Crippen molar-refractivity contribution in [2.24, 2.45) is 0 Å². The van der Waals surface area contributed by atoms with Gasteiger partial charge in [0.05, 0.1) is 0 Å². The van der Waals surface area contributed by atoms with Gasteiger partial charge in [0.15, 0.2) is 0 Å². The Bertz CT molecular complexity index is 839. The summed E-state index contributed by atoms with van der Waals surface area (Å²) < 4.78 is 0. The quantitative estimate of drug-likeness (QED) is 0.753. The highest BCUT2D eigenvalue weighted by Crippen LogP contribution is 2.19. The van der Waals surface area contributed by atoms with Crippen molar-refractivity contribution in [1.29, 1.82) is 0 Å². The second kappa shape index (κ2) is 6.80. The molecule has 0 aliphatic heterocycles. The van der Waals surface area contributed by atoms with Gasteiger partial charge in [-0.15, -0.1) is 0 Å². The van der Waals surface area contributed by atoms with Crippen LogP contribution in [0, 0.1) is 0 Å². The first-order chi connectivity index (χ1) is 11.1. The number of H-pyrrole nitrogens is 1. The fourth-order valence-electron chi connectivity index (χ4n) is 2.82. The molecule has 0 aliphatic carbocycles. The summed E-state index contributed by atoms with van der Waals surface area (Å²) in [5, 5.41) is 4.55. The molecule has 1 heterocycles. The van der Waals surface area contributed by atoms with E-state index in [1.165, 1.54) is 5.56 Å². The Balaban J connectivity index is 1.73. The molecule has 23 heavy (non-hydrogen) atoms. The molecule has 3 aromatic rings. The largest absolute Gasteiger partial charge is 0.322 e. The van der Waals surface area contributed by atoms with Gasteiger partial charge in [-0.2, -0.15) is 0 Å². The Morgan fingerprint density at radius 1 is 1.00 bits per heavy atom. The lowest BCUT2D eigenvalue weighted by Gasteiger charge is -2.21. The van der Waals surface area contributed by atoms with E-state index in [2.05, 4.69) is 48.4 Å². The van der Waals surface area contributed by atoms with Crippen LogP contribution < -0.4 is 10.9 Å². The van der Waals surface area contributed by atoms with Gasteiger partial charge in [-0.05, 0) is 35.9 Å². The minimum absolute atomic E-state index is 0.0178. The predicted octanol–water partition coefficient (Wildman–Crippen LogP) is 3.81. The lowest BCUT2D eigenvalue weighted by molar-refractivity contribution is 0.479. The standard InChI is InChI=1S/C20H22N2O/c1-14(16-8-4-3-5-9-16)15(2)21-13-18-12-17-10-6-7-11-19(17)22-20(18)23/h3-12,14-15,21H,13H2,1-2H3,(H,22,23)/t14-,15+/m1/s1.